The Balaban J connectivity index is 0.000000321. The van der Waals surface area contributed by atoms with Gasteiger partial charge in [-0.2, -0.15) is 18.3 Å². The molecule has 0 unspecified atom stereocenters. The van der Waals surface area contributed by atoms with E-state index in [9.17, 15) is 13.2 Å². The number of alkyl halides is 3. The van der Waals surface area contributed by atoms with Crippen LogP contribution < -0.4 is 0 Å². The third kappa shape index (κ3) is 7.14. The first-order valence-electron chi connectivity index (χ1n) is 9.38. The lowest BCUT2D eigenvalue weighted by Gasteiger charge is -2.26. The van der Waals surface area contributed by atoms with Crippen LogP contribution in [-0.2, 0) is 28.9 Å². The molecule has 0 spiro atoms. The Labute approximate surface area is 157 Å². The molecular weight excluding hydrogens is 363 g/mol. The van der Waals surface area contributed by atoms with E-state index in [1.807, 2.05) is 0 Å². The van der Waals surface area contributed by atoms with Gasteiger partial charge in [0.05, 0.1) is 5.69 Å². The molecule has 0 aromatic carbocycles. The Kier molecular flexibility index (Phi) is 8.09. The summed E-state index contributed by atoms with van der Waals surface area (Å²) in [7, 11) is 2.23. The zero-order valence-electron chi connectivity index (χ0n) is 15.6. The second-order valence-corrected chi connectivity index (χ2v) is 7.24. The van der Waals surface area contributed by atoms with Gasteiger partial charge in [-0.05, 0) is 57.1 Å². The van der Waals surface area contributed by atoms with Crippen LogP contribution in [0.4, 0.5) is 13.2 Å². The molecule has 0 saturated carbocycles. The molecule has 1 fully saturated rings. The zero-order chi connectivity index (χ0) is 19.9. The number of aromatic nitrogens is 2. The van der Waals surface area contributed by atoms with Crippen molar-refractivity contribution in [3.63, 3.8) is 0 Å². The number of carboxylic acids is 1. The lowest BCUT2D eigenvalue weighted by molar-refractivity contribution is -0.192. The standard InChI is InChI=1S/C16H27N3O.C2HF3O2/c1-19(11-13-7-9-20-10-8-13)12-16-14-5-3-2-4-6-15(14)17-18-16;3-2(4,5)1(6)7/h13H,2-12H2,1H3,(H,17,18);(H,6,7). The summed E-state index contributed by atoms with van der Waals surface area (Å²) in [6.45, 7) is 4.04. The summed E-state index contributed by atoms with van der Waals surface area (Å²) >= 11 is 0. The molecule has 1 aromatic rings. The predicted molar refractivity (Wildman–Crippen MR) is 93.4 cm³/mol. The third-order valence-electron chi connectivity index (χ3n) is 4.96. The molecule has 9 heteroatoms. The van der Waals surface area contributed by atoms with E-state index in [4.69, 9.17) is 14.6 Å². The lowest BCUT2D eigenvalue weighted by Crippen LogP contribution is -2.29. The van der Waals surface area contributed by atoms with Gasteiger partial charge in [0.2, 0.25) is 0 Å². The van der Waals surface area contributed by atoms with Crippen molar-refractivity contribution in [2.45, 2.75) is 57.7 Å². The van der Waals surface area contributed by atoms with Crippen LogP contribution in [0.3, 0.4) is 0 Å². The van der Waals surface area contributed by atoms with Crippen molar-refractivity contribution in [3.05, 3.63) is 17.0 Å². The Morgan fingerprint density at radius 1 is 1.26 bits per heavy atom. The molecule has 0 amide bonds. The average molecular weight is 391 g/mol. The van der Waals surface area contributed by atoms with E-state index in [1.165, 1.54) is 68.4 Å². The van der Waals surface area contributed by atoms with Gasteiger partial charge in [0.25, 0.3) is 0 Å². The number of H-pyrrole nitrogens is 1. The second kappa shape index (κ2) is 10.1. The Bertz CT molecular complexity index is 598. The van der Waals surface area contributed by atoms with Gasteiger partial charge in [-0.15, -0.1) is 0 Å². The molecule has 2 heterocycles. The summed E-state index contributed by atoms with van der Waals surface area (Å²) in [4.78, 5) is 11.3. The van der Waals surface area contributed by atoms with Crippen LogP contribution in [0.1, 0.15) is 49.1 Å². The Morgan fingerprint density at radius 3 is 2.52 bits per heavy atom. The topological polar surface area (TPSA) is 78.5 Å². The smallest absolute Gasteiger partial charge is 0.475 e. The second-order valence-electron chi connectivity index (χ2n) is 7.24. The van der Waals surface area contributed by atoms with Gasteiger partial charge in [0.1, 0.15) is 0 Å². The molecule has 27 heavy (non-hydrogen) atoms. The molecule has 1 saturated heterocycles. The number of rotatable bonds is 4. The van der Waals surface area contributed by atoms with Crippen molar-refractivity contribution in [2.24, 2.45) is 5.92 Å². The van der Waals surface area contributed by atoms with E-state index in [1.54, 1.807) is 0 Å². The van der Waals surface area contributed by atoms with E-state index >= 15 is 0 Å². The number of aliphatic carboxylic acids is 1. The summed E-state index contributed by atoms with van der Waals surface area (Å²) in [6, 6.07) is 0. The molecule has 0 radical (unpaired) electrons. The minimum Gasteiger partial charge on any atom is -0.475 e. The van der Waals surface area contributed by atoms with Crippen molar-refractivity contribution in [1.29, 1.82) is 0 Å². The van der Waals surface area contributed by atoms with Gasteiger partial charge in [0, 0.05) is 32.0 Å². The fourth-order valence-electron chi connectivity index (χ4n) is 3.55. The number of carboxylic acid groups (broad SMARTS) is 1. The van der Waals surface area contributed by atoms with E-state index < -0.39 is 12.1 Å². The molecule has 6 nitrogen and oxygen atoms in total. The first-order chi connectivity index (χ1) is 12.8. The van der Waals surface area contributed by atoms with Crippen molar-refractivity contribution >= 4 is 5.97 Å². The molecule has 1 aliphatic carbocycles. The monoisotopic (exact) mass is 391 g/mol. The van der Waals surface area contributed by atoms with Crippen molar-refractivity contribution < 1.29 is 27.8 Å². The molecule has 1 aliphatic heterocycles. The minimum absolute atomic E-state index is 0.797. The largest absolute Gasteiger partial charge is 0.490 e. The van der Waals surface area contributed by atoms with Crippen LogP contribution in [0.25, 0.3) is 0 Å². The third-order valence-corrected chi connectivity index (χ3v) is 4.96. The van der Waals surface area contributed by atoms with Crippen LogP contribution in [-0.4, -0.2) is 59.2 Å². The number of nitrogens with zero attached hydrogens (tertiary/aromatic N) is 2. The van der Waals surface area contributed by atoms with Crippen molar-refractivity contribution in [3.8, 4) is 0 Å². The van der Waals surface area contributed by atoms with Crippen LogP contribution >= 0.6 is 0 Å². The van der Waals surface area contributed by atoms with Crippen LogP contribution in [0.5, 0.6) is 0 Å². The average Bonchev–Trinajstić information content (AvgIpc) is 2.82. The van der Waals surface area contributed by atoms with Crippen molar-refractivity contribution in [1.82, 2.24) is 15.1 Å². The highest BCUT2D eigenvalue weighted by Crippen LogP contribution is 2.23. The fraction of sp³-hybridized carbons (Fsp3) is 0.778. The summed E-state index contributed by atoms with van der Waals surface area (Å²) in [5, 5.41) is 15.0. The molecule has 2 N–H and O–H groups in total. The summed E-state index contributed by atoms with van der Waals surface area (Å²) < 4.78 is 37.2. The molecular formula is C18H28F3N3O3. The van der Waals surface area contributed by atoms with E-state index in [0.29, 0.717) is 0 Å². The number of aromatic amines is 1. The number of nitrogens with one attached hydrogen (secondary N) is 1. The molecule has 0 atom stereocenters. The fourth-order valence-corrected chi connectivity index (χ4v) is 3.55. The minimum atomic E-state index is -5.08. The molecule has 0 bridgehead atoms. The van der Waals surface area contributed by atoms with Gasteiger partial charge in [-0.1, -0.05) is 6.42 Å². The maximum absolute atomic E-state index is 10.6. The number of halogens is 3. The van der Waals surface area contributed by atoms with Gasteiger partial charge >= 0.3 is 12.1 Å². The van der Waals surface area contributed by atoms with E-state index in [-0.39, 0.29) is 0 Å². The van der Waals surface area contributed by atoms with E-state index in [2.05, 4.69) is 22.1 Å². The number of carbonyl (C=O) groups is 1. The number of hydrogen-bond donors (Lipinski definition) is 2. The zero-order valence-corrected chi connectivity index (χ0v) is 15.6. The number of hydrogen-bond acceptors (Lipinski definition) is 4. The Hall–Kier alpha value is -1.61. The summed E-state index contributed by atoms with van der Waals surface area (Å²) in [6.07, 6.45) is 3.74. The first kappa shape index (κ1) is 21.7. The quantitative estimate of drug-likeness (QED) is 0.771. The predicted octanol–water partition coefficient (Wildman–Crippen LogP) is 3.17. The SMILES string of the molecule is CN(Cc1n[nH]c2c1CCCCC2)CC1CCOCC1.O=C(O)C(F)(F)F. The van der Waals surface area contributed by atoms with Gasteiger partial charge in [0.15, 0.2) is 0 Å². The molecule has 3 rings (SSSR count). The van der Waals surface area contributed by atoms with Crippen LogP contribution in [0.15, 0.2) is 0 Å². The molecule has 1 aromatic heterocycles. The number of fused-ring (bicyclic) bond motifs is 1. The molecule has 2 aliphatic rings. The highest BCUT2D eigenvalue weighted by Gasteiger charge is 2.38. The molecule has 154 valence electrons. The lowest BCUT2D eigenvalue weighted by atomic mass is 9.99. The maximum Gasteiger partial charge on any atom is 0.490 e. The highest BCUT2D eigenvalue weighted by atomic mass is 19.4. The highest BCUT2D eigenvalue weighted by molar-refractivity contribution is 5.73. The van der Waals surface area contributed by atoms with Crippen LogP contribution in [0, 0.1) is 5.92 Å². The number of aryl methyl sites for hydroxylation is 1. The van der Waals surface area contributed by atoms with Crippen molar-refractivity contribution in [2.75, 3.05) is 26.8 Å². The van der Waals surface area contributed by atoms with Gasteiger partial charge < -0.3 is 14.7 Å². The van der Waals surface area contributed by atoms with Gasteiger partial charge in [-0.3, -0.25) is 5.10 Å². The summed E-state index contributed by atoms with van der Waals surface area (Å²) in [5.41, 5.74) is 4.20. The first-order valence-corrected chi connectivity index (χ1v) is 9.38. The Morgan fingerprint density at radius 2 is 1.89 bits per heavy atom. The van der Waals surface area contributed by atoms with Gasteiger partial charge in [-0.25, -0.2) is 4.79 Å². The normalized spacial score (nSPS) is 18.4. The van der Waals surface area contributed by atoms with E-state index in [0.717, 1.165) is 25.7 Å². The van der Waals surface area contributed by atoms with Crippen LogP contribution in [0.2, 0.25) is 0 Å². The number of ether oxygens (including phenoxy) is 1. The maximum atomic E-state index is 10.6. The summed E-state index contributed by atoms with van der Waals surface area (Å²) in [5.74, 6) is -1.96.